The highest BCUT2D eigenvalue weighted by Gasteiger charge is 2.31. The van der Waals surface area contributed by atoms with Crippen LogP contribution < -0.4 is 20.8 Å². The zero-order valence-electron chi connectivity index (χ0n) is 17.7. The number of ether oxygens (including phenoxy) is 1. The smallest absolute Gasteiger partial charge is 0.341 e. The summed E-state index contributed by atoms with van der Waals surface area (Å²) in [5.41, 5.74) is 5.15. The third-order valence-electron chi connectivity index (χ3n) is 4.94. The quantitative estimate of drug-likeness (QED) is 0.673. The van der Waals surface area contributed by atoms with Gasteiger partial charge in [-0.15, -0.1) is 0 Å². The Morgan fingerprint density at radius 1 is 1.43 bits per heavy atom. The number of carboxylic acids is 1. The summed E-state index contributed by atoms with van der Waals surface area (Å²) in [5.74, 6) is -1.97. The lowest BCUT2D eigenvalue weighted by Gasteiger charge is -2.27. The fourth-order valence-electron chi connectivity index (χ4n) is 3.46. The van der Waals surface area contributed by atoms with Crippen LogP contribution in [0.25, 0.3) is 10.9 Å². The Morgan fingerprint density at radius 2 is 2.07 bits per heavy atom. The summed E-state index contributed by atoms with van der Waals surface area (Å²) in [7, 11) is 2.97. The van der Waals surface area contributed by atoms with Crippen molar-refractivity contribution in [2.45, 2.75) is 45.2 Å². The van der Waals surface area contributed by atoms with Crippen molar-refractivity contribution in [1.82, 2.24) is 4.57 Å². The molecule has 0 unspecified atom stereocenters. The number of likely N-dealkylation sites (N-methyl/N-ethyl adjacent to an activating group) is 1. The van der Waals surface area contributed by atoms with E-state index in [-0.39, 0.29) is 35.8 Å². The molecule has 0 bridgehead atoms. The Morgan fingerprint density at radius 3 is 2.57 bits per heavy atom. The minimum atomic E-state index is -1.36. The summed E-state index contributed by atoms with van der Waals surface area (Å²) in [6.07, 6.45) is 3.08. The first kappa shape index (κ1) is 23.6. The normalized spacial score (nSPS) is 14.1. The van der Waals surface area contributed by atoms with Gasteiger partial charge >= 0.3 is 5.97 Å². The molecule has 1 aromatic carbocycles. The number of fused-ring (bicyclic) bond motifs is 1. The number of carboxylic acid groups (broad SMARTS) is 1. The molecule has 1 aliphatic rings. The van der Waals surface area contributed by atoms with Crippen LogP contribution in [-0.4, -0.2) is 49.1 Å². The van der Waals surface area contributed by atoms with Gasteiger partial charge in [0, 0.05) is 31.9 Å². The molecule has 0 amide bonds. The van der Waals surface area contributed by atoms with Gasteiger partial charge in [-0.3, -0.25) is 9.18 Å². The van der Waals surface area contributed by atoms with Crippen LogP contribution in [0.1, 0.15) is 49.5 Å². The maximum absolute atomic E-state index is 15.0. The minimum absolute atomic E-state index is 0.0208. The van der Waals surface area contributed by atoms with Crippen LogP contribution in [0.15, 0.2) is 17.1 Å². The molecule has 3 rings (SSSR count). The third-order valence-corrected chi connectivity index (χ3v) is 4.94. The van der Waals surface area contributed by atoms with E-state index in [1.807, 2.05) is 13.8 Å². The second-order valence-corrected chi connectivity index (χ2v) is 7.07. The third kappa shape index (κ3) is 4.56. The molecule has 1 aromatic heterocycles. The van der Waals surface area contributed by atoms with Crippen molar-refractivity contribution in [2.75, 3.05) is 32.3 Å². The average Bonchev–Trinajstić information content (AvgIpc) is 3.54. The fourth-order valence-corrected chi connectivity index (χ4v) is 3.46. The van der Waals surface area contributed by atoms with E-state index in [0.717, 1.165) is 18.9 Å². The van der Waals surface area contributed by atoms with Gasteiger partial charge in [0.05, 0.1) is 24.7 Å². The van der Waals surface area contributed by atoms with Crippen LogP contribution in [0.2, 0.25) is 0 Å². The minimum Gasteiger partial charge on any atom is -0.492 e. The molecular weight excluding hydrogens is 396 g/mol. The van der Waals surface area contributed by atoms with Gasteiger partial charge in [-0.1, -0.05) is 13.8 Å². The van der Waals surface area contributed by atoms with Crippen LogP contribution in [0, 0.1) is 5.82 Å². The monoisotopic (exact) mass is 425 g/mol. The number of hydrogen-bond donors (Lipinski definition) is 2. The topological polar surface area (TPSA) is 97.8 Å². The lowest BCUT2D eigenvalue weighted by atomic mass is 10.1. The van der Waals surface area contributed by atoms with Crippen LogP contribution >= 0.6 is 0 Å². The Balaban J connectivity index is 0.00000155. The SMILES string of the molecule is CC.COc1c(N(C)C[C@@H](N)CCF)c(F)cc2c(=O)c(C(=O)O)cn(C3CC3)c12. The predicted molar refractivity (Wildman–Crippen MR) is 113 cm³/mol. The number of methoxy groups -OCH3 is 1. The summed E-state index contributed by atoms with van der Waals surface area (Å²) in [4.78, 5) is 25.6. The van der Waals surface area contributed by atoms with Crippen LogP contribution in [0.3, 0.4) is 0 Å². The molecule has 0 radical (unpaired) electrons. The number of halogens is 2. The van der Waals surface area contributed by atoms with Gasteiger partial charge < -0.3 is 25.0 Å². The predicted octanol–water partition coefficient (Wildman–Crippen LogP) is 3.33. The number of hydrogen-bond acceptors (Lipinski definition) is 5. The first-order valence-electron chi connectivity index (χ1n) is 10.0. The fraction of sp³-hybridized carbons (Fsp3) is 0.524. The molecule has 166 valence electrons. The Bertz CT molecular complexity index is 973. The number of benzene rings is 1. The molecule has 1 fully saturated rings. The van der Waals surface area contributed by atoms with E-state index >= 15 is 0 Å². The maximum atomic E-state index is 15.0. The highest BCUT2D eigenvalue weighted by molar-refractivity contribution is 5.97. The van der Waals surface area contributed by atoms with E-state index in [4.69, 9.17) is 10.5 Å². The standard InChI is InChI=1S/C19H23F2N3O4.C2H6/c1-23(8-10(22)5-6-20)16-14(21)7-12-15(18(16)28-2)24(11-3-4-11)9-13(17(12)25)19(26)27;1-2/h7,9-11H,3-6,8,22H2,1-2H3,(H,26,27);1-2H3/t10-;/m0./s1. The molecule has 1 saturated carbocycles. The van der Waals surface area contributed by atoms with Crippen LogP contribution in [-0.2, 0) is 0 Å². The summed E-state index contributed by atoms with van der Waals surface area (Å²) < 4.78 is 34.7. The maximum Gasteiger partial charge on any atom is 0.341 e. The number of rotatable bonds is 8. The van der Waals surface area contributed by atoms with Crippen molar-refractivity contribution in [3.05, 3.63) is 33.9 Å². The molecular formula is C21H29F2N3O4. The van der Waals surface area contributed by atoms with Gasteiger partial charge in [0.2, 0.25) is 5.43 Å². The molecule has 1 aliphatic carbocycles. The summed E-state index contributed by atoms with van der Waals surface area (Å²) in [6, 6.07) is 0.556. The van der Waals surface area contributed by atoms with Crippen molar-refractivity contribution in [2.24, 2.45) is 5.73 Å². The Hall–Kier alpha value is -2.68. The second kappa shape index (κ2) is 9.88. The summed E-state index contributed by atoms with van der Waals surface area (Å²) in [5, 5.41) is 9.30. The molecule has 30 heavy (non-hydrogen) atoms. The molecule has 9 heteroatoms. The number of aromatic carboxylic acids is 1. The average molecular weight is 425 g/mol. The molecule has 7 nitrogen and oxygen atoms in total. The number of carbonyl (C=O) groups is 1. The van der Waals surface area contributed by atoms with Gasteiger partial charge in [0.1, 0.15) is 11.3 Å². The van der Waals surface area contributed by atoms with E-state index in [2.05, 4.69) is 0 Å². The van der Waals surface area contributed by atoms with E-state index < -0.39 is 35.5 Å². The van der Waals surface area contributed by atoms with E-state index in [0.29, 0.717) is 5.52 Å². The Labute approximate surface area is 174 Å². The molecule has 1 heterocycles. The first-order valence-corrected chi connectivity index (χ1v) is 10.0. The first-order chi connectivity index (χ1) is 14.3. The Kier molecular flexibility index (Phi) is 7.77. The molecule has 0 aliphatic heterocycles. The van der Waals surface area contributed by atoms with Crippen molar-refractivity contribution in [3.8, 4) is 5.75 Å². The van der Waals surface area contributed by atoms with Gasteiger partial charge in [-0.25, -0.2) is 9.18 Å². The lowest BCUT2D eigenvalue weighted by Crippen LogP contribution is -2.36. The van der Waals surface area contributed by atoms with Gasteiger partial charge in [-0.2, -0.15) is 0 Å². The zero-order valence-corrected chi connectivity index (χ0v) is 17.7. The number of alkyl halides is 1. The van der Waals surface area contributed by atoms with E-state index in [1.165, 1.54) is 18.2 Å². The van der Waals surface area contributed by atoms with Gasteiger partial charge in [0.15, 0.2) is 11.6 Å². The largest absolute Gasteiger partial charge is 0.492 e. The zero-order chi connectivity index (χ0) is 22.6. The molecule has 0 spiro atoms. The number of nitrogens with two attached hydrogens (primary N) is 1. The molecule has 2 aromatic rings. The van der Waals surface area contributed by atoms with E-state index in [1.54, 1.807) is 11.6 Å². The van der Waals surface area contributed by atoms with Crippen LogP contribution in [0.4, 0.5) is 14.5 Å². The number of pyridine rings is 1. The van der Waals surface area contributed by atoms with Crippen molar-refractivity contribution >= 4 is 22.6 Å². The highest BCUT2D eigenvalue weighted by atomic mass is 19.1. The molecule has 1 atom stereocenters. The van der Waals surface area contributed by atoms with Gasteiger partial charge in [0.25, 0.3) is 0 Å². The van der Waals surface area contributed by atoms with E-state index in [9.17, 15) is 23.5 Å². The molecule has 0 saturated heterocycles. The summed E-state index contributed by atoms with van der Waals surface area (Å²) in [6.45, 7) is 3.61. The van der Waals surface area contributed by atoms with Crippen molar-refractivity contribution in [3.63, 3.8) is 0 Å². The lowest BCUT2D eigenvalue weighted by molar-refractivity contribution is 0.0694. The summed E-state index contributed by atoms with van der Waals surface area (Å²) >= 11 is 0. The number of anilines is 1. The van der Waals surface area contributed by atoms with Crippen molar-refractivity contribution < 1.29 is 23.4 Å². The van der Waals surface area contributed by atoms with Crippen LogP contribution in [0.5, 0.6) is 5.75 Å². The highest BCUT2D eigenvalue weighted by Crippen LogP contribution is 2.43. The number of nitrogens with zero attached hydrogens (tertiary/aromatic N) is 2. The number of aromatic nitrogens is 1. The van der Waals surface area contributed by atoms with Gasteiger partial charge in [-0.05, 0) is 25.3 Å². The molecule has 3 N–H and O–H groups in total. The second-order valence-electron chi connectivity index (χ2n) is 7.07. The van der Waals surface area contributed by atoms with Crippen molar-refractivity contribution in [1.29, 1.82) is 0 Å².